The van der Waals surface area contributed by atoms with Gasteiger partial charge in [0.2, 0.25) is 0 Å². The van der Waals surface area contributed by atoms with Gasteiger partial charge in [-0.2, -0.15) is 5.10 Å². The molecule has 5 heteroatoms. The summed E-state index contributed by atoms with van der Waals surface area (Å²) in [6.45, 7) is 0. The van der Waals surface area contributed by atoms with Crippen LogP contribution in [0.1, 0.15) is 10.5 Å². The third-order valence-electron chi connectivity index (χ3n) is 1.29. The molecule has 2 aromatic rings. The molecule has 14 heavy (non-hydrogen) atoms. The molecule has 0 amide bonds. The highest BCUT2D eigenvalue weighted by Crippen LogP contribution is 1.87. The fourth-order valence-electron chi connectivity index (χ4n) is 0.693. The summed E-state index contributed by atoms with van der Waals surface area (Å²) >= 11 is 0. The Morgan fingerprint density at radius 2 is 2.00 bits per heavy atom. The van der Waals surface area contributed by atoms with E-state index < -0.39 is 5.97 Å². The SMILES string of the molecule is O=C(O)c1cccnn1.c1cc[nH]c1. The second kappa shape index (κ2) is 5.47. The predicted octanol–water partition coefficient (Wildman–Crippen LogP) is 1.19. The van der Waals surface area contributed by atoms with E-state index in [-0.39, 0.29) is 5.69 Å². The molecule has 2 aromatic heterocycles. The number of nitrogens with one attached hydrogen (secondary N) is 1. The number of hydrogen-bond acceptors (Lipinski definition) is 3. The summed E-state index contributed by atoms with van der Waals surface area (Å²) in [7, 11) is 0. The zero-order chi connectivity index (χ0) is 10.2. The molecule has 2 rings (SSSR count). The van der Waals surface area contributed by atoms with E-state index in [1.807, 2.05) is 24.5 Å². The summed E-state index contributed by atoms with van der Waals surface area (Å²) in [5.74, 6) is -1.05. The van der Waals surface area contributed by atoms with Crippen molar-refractivity contribution in [1.29, 1.82) is 0 Å². The molecule has 0 spiro atoms. The maximum Gasteiger partial charge on any atom is 0.356 e. The highest BCUT2D eigenvalue weighted by molar-refractivity contribution is 5.84. The molecule has 0 bridgehead atoms. The summed E-state index contributed by atoms with van der Waals surface area (Å²) < 4.78 is 0. The Morgan fingerprint density at radius 1 is 1.29 bits per heavy atom. The predicted molar refractivity (Wildman–Crippen MR) is 49.8 cm³/mol. The zero-order valence-corrected chi connectivity index (χ0v) is 7.29. The van der Waals surface area contributed by atoms with Crippen molar-refractivity contribution in [3.05, 3.63) is 48.5 Å². The van der Waals surface area contributed by atoms with E-state index >= 15 is 0 Å². The van der Waals surface area contributed by atoms with Crippen molar-refractivity contribution in [3.8, 4) is 0 Å². The van der Waals surface area contributed by atoms with Crippen molar-refractivity contribution in [3.63, 3.8) is 0 Å². The minimum atomic E-state index is -1.05. The van der Waals surface area contributed by atoms with Crippen LogP contribution in [-0.2, 0) is 0 Å². The third kappa shape index (κ3) is 3.48. The van der Waals surface area contributed by atoms with Crippen LogP contribution in [0, 0.1) is 0 Å². The van der Waals surface area contributed by atoms with Crippen molar-refractivity contribution >= 4 is 5.97 Å². The molecule has 0 unspecified atom stereocenters. The number of nitrogens with zero attached hydrogens (tertiary/aromatic N) is 2. The van der Waals surface area contributed by atoms with E-state index in [1.165, 1.54) is 18.3 Å². The minimum Gasteiger partial charge on any atom is -0.476 e. The molecular formula is C9H9N3O2. The van der Waals surface area contributed by atoms with Gasteiger partial charge in [0.25, 0.3) is 0 Å². The first kappa shape index (κ1) is 9.91. The van der Waals surface area contributed by atoms with Crippen LogP contribution in [0.5, 0.6) is 0 Å². The van der Waals surface area contributed by atoms with Gasteiger partial charge in [-0.25, -0.2) is 4.79 Å². The normalized spacial score (nSPS) is 8.57. The van der Waals surface area contributed by atoms with Gasteiger partial charge in [0, 0.05) is 18.6 Å². The number of hydrogen-bond donors (Lipinski definition) is 2. The first-order chi connectivity index (χ1) is 6.80. The number of carboxylic acids is 1. The van der Waals surface area contributed by atoms with Crippen molar-refractivity contribution in [2.24, 2.45) is 0 Å². The highest BCUT2D eigenvalue weighted by Gasteiger charge is 2.00. The summed E-state index contributed by atoms with van der Waals surface area (Å²) in [4.78, 5) is 13.0. The van der Waals surface area contributed by atoms with Crippen LogP contribution in [0.3, 0.4) is 0 Å². The van der Waals surface area contributed by atoms with Crippen molar-refractivity contribution in [2.45, 2.75) is 0 Å². The summed E-state index contributed by atoms with van der Waals surface area (Å²) in [5, 5.41) is 15.0. The molecule has 0 atom stereocenters. The van der Waals surface area contributed by atoms with Gasteiger partial charge < -0.3 is 10.1 Å². The van der Waals surface area contributed by atoms with Gasteiger partial charge >= 0.3 is 5.97 Å². The Balaban J connectivity index is 0.000000165. The first-order valence-corrected chi connectivity index (χ1v) is 3.89. The third-order valence-corrected chi connectivity index (χ3v) is 1.29. The largest absolute Gasteiger partial charge is 0.476 e. The quantitative estimate of drug-likeness (QED) is 0.709. The number of H-pyrrole nitrogens is 1. The van der Waals surface area contributed by atoms with Gasteiger partial charge in [0.1, 0.15) is 0 Å². The van der Waals surface area contributed by atoms with Crippen LogP contribution in [0.25, 0.3) is 0 Å². The molecule has 0 radical (unpaired) electrons. The molecule has 2 N–H and O–H groups in total. The zero-order valence-electron chi connectivity index (χ0n) is 7.29. The summed E-state index contributed by atoms with van der Waals surface area (Å²) in [6, 6.07) is 6.80. The van der Waals surface area contributed by atoms with Crippen LogP contribution >= 0.6 is 0 Å². The summed E-state index contributed by atoms with van der Waals surface area (Å²) in [6.07, 6.45) is 5.17. The number of aromatic amines is 1. The van der Waals surface area contributed by atoms with Crippen molar-refractivity contribution < 1.29 is 9.90 Å². The lowest BCUT2D eigenvalue weighted by Gasteiger charge is -1.85. The minimum absolute atomic E-state index is 0.0301. The molecule has 0 aliphatic heterocycles. The first-order valence-electron chi connectivity index (χ1n) is 3.89. The fourth-order valence-corrected chi connectivity index (χ4v) is 0.693. The second-order valence-electron chi connectivity index (χ2n) is 2.30. The number of rotatable bonds is 1. The van der Waals surface area contributed by atoms with E-state index in [2.05, 4.69) is 15.2 Å². The number of carbonyl (C=O) groups is 1. The lowest BCUT2D eigenvalue weighted by Crippen LogP contribution is -1.99. The highest BCUT2D eigenvalue weighted by atomic mass is 16.4. The molecule has 0 saturated carbocycles. The topological polar surface area (TPSA) is 78.9 Å². The Bertz CT molecular complexity index is 342. The van der Waals surface area contributed by atoms with Crippen LogP contribution in [-0.4, -0.2) is 26.3 Å². The molecular weight excluding hydrogens is 182 g/mol. The monoisotopic (exact) mass is 191 g/mol. The molecule has 72 valence electrons. The van der Waals surface area contributed by atoms with Crippen LogP contribution in [0.4, 0.5) is 0 Å². The van der Waals surface area contributed by atoms with Gasteiger partial charge in [-0.3, -0.25) is 0 Å². The number of aromatic nitrogens is 3. The van der Waals surface area contributed by atoms with Crippen LogP contribution in [0.2, 0.25) is 0 Å². The molecule has 0 aromatic carbocycles. The van der Waals surface area contributed by atoms with E-state index in [9.17, 15) is 4.79 Å². The molecule has 0 fully saturated rings. The van der Waals surface area contributed by atoms with Crippen LogP contribution in [0.15, 0.2) is 42.9 Å². The molecule has 2 heterocycles. The van der Waals surface area contributed by atoms with Crippen molar-refractivity contribution in [1.82, 2.24) is 15.2 Å². The molecule has 5 nitrogen and oxygen atoms in total. The average molecular weight is 191 g/mol. The maximum atomic E-state index is 10.1. The molecule has 0 aliphatic carbocycles. The maximum absolute atomic E-state index is 10.1. The van der Waals surface area contributed by atoms with Crippen molar-refractivity contribution in [2.75, 3.05) is 0 Å². The lowest BCUT2D eigenvalue weighted by molar-refractivity contribution is 0.0689. The lowest BCUT2D eigenvalue weighted by atomic mass is 10.4. The van der Waals surface area contributed by atoms with E-state index in [0.717, 1.165) is 0 Å². The molecule has 0 aliphatic rings. The Labute approximate surface area is 80.4 Å². The van der Waals surface area contributed by atoms with Gasteiger partial charge in [-0.15, -0.1) is 5.10 Å². The Hall–Kier alpha value is -2.17. The van der Waals surface area contributed by atoms with Gasteiger partial charge in [-0.05, 0) is 24.3 Å². The number of aromatic carboxylic acids is 1. The van der Waals surface area contributed by atoms with Gasteiger partial charge in [-0.1, -0.05) is 0 Å². The Kier molecular flexibility index (Phi) is 3.87. The van der Waals surface area contributed by atoms with E-state index in [1.54, 1.807) is 0 Å². The Morgan fingerprint density at radius 3 is 2.29 bits per heavy atom. The number of carboxylic acid groups (broad SMARTS) is 1. The van der Waals surface area contributed by atoms with E-state index in [0.29, 0.717) is 0 Å². The second-order valence-corrected chi connectivity index (χ2v) is 2.30. The summed E-state index contributed by atoms with van der Waals surface area (Å²) in [5.41, 5.74) is -0.0301. The average Bonchev–Trinajstić information content (AvgIpc) is 2.77. The fraction of sp³-hybridized carbons (Fsp3) is 0. The van der Waals surface area contributed by atoms with Gasteiger partial charge in [0.05, 0.1) is 0 Å². The van der Waals surface area contributed by atoms with E-state index in [4.69, 9.17) is 5.11 Å². The van der Waals surface area contributed by atoms with Gasteiger partial charge in [0.15, 0.2) is 5.69 Å². The standard InChI is InChI=1S/C5H4N2O2.C4H5N/c8-5(9)4-2-1-3-6-7-4;1-2-4-5-3-1/h1-3H,(H,8,9);1-5H. The molecule has 0 saturated heterocycles. The van der Waals surface area contributed by atoms with Crippen LogP contribution < -0.4 is 0 Å². The smallest absolute Gasteiger partial charge is 0.356 e.